The number of alkyl halides is 3. The van der Waals surface area contributed by atoms with Gasteiger partial charge in [-0.25, -0.2) is 4.98 Å². The predicted molar refractivity (Wildman–Crippen MR) is 62.9 cm³/mol. The Morgan fingerprint density at radius 3 is 2.70 bits per heavy atom. The van der Waals surface area contributed by atoms with Gasteiger partial charge in [-0.15, -0.1) is 0 Å². The first-order chi connectivity index (χ1) is 9.30. The molecule has 0 radical (unpaired) electrons. The number of hydrogen-bond acceptors (Lipinski definition) is 4. The minimum atomic E-state index is -4.74. The van der Waals surface area contributed by atoms with Crippen LogP contribution in [0.5, 0.6) is 0 Å². The van der Waals surface area contributed by atoms with Gasteiger partial charge in [0.1, 0.15) is 5.69 Å². The maximum atomic E-state index is 12.6. The van der Waals surface area contributed by atoms with Gasteiger partial charge in [-0.2, -0.15) is 13.2 Å². The van der Waals surface area contributed by atoms with Crippen molar-refractivity contribution in [1.29, 1.82) is 0 Å². The Bertz CT molecular complexity index is 490. The molecule has 1 aromatic heterocycles. The molecule has 2 heterocycles. The normalized spacial score (nSPS) is 21.1. The zero-order valence-corrected chi connectivity index (χ0v) is 10.8. The summed E-state index contributed by atoms with van der Waals surface area (Å²) in [6.45, 7) is 1.86. The lowest BCUT2D eigenvalue weighted by atomic mass is 10.1. The number of carbonyl (C=O) groups excluding carboxylic acids is 1. The van der Waals surface area contributed by atoms with Crippen LogP contribution in [-0.4, -0.2) is 50.7 Å². The molecule has 0 spiro atoms. The number of aryl methyl sites for hydroxylation is 1. The topological polar surface area (TPSA) is 66.3 Å². The number of amides is 1. The van der Waals surface area contributed by atoms with Crippen LogP contribution in [0.25, 0.3) is 0 Å². The first-order valence-corrected chi connectivity index (χ1v) is 6.15. The molecule has 1 N–H and O–H groups in total. The Morgan fingerprint density at radius 2 is 2.15 bits per heavy atom. The van der Waals surface area contributed by atoms with Crippen LogP contribution < -0.4 is 0 Å². The lowest BCUT2D eigenvalue weighted by Crippen LogP contribution is -2.49. The Labute approximate surface area is 113 Å². The molecular formula is C12H14F3N3O2. The summed E-state index contributed by atoms with van der Waals surface area (Å²) in [6, 6.07) is -1.26. The lowest BCUT2D eigenvalue weighted by molar-refractivity contribution is -0.216. The van der Waals surface area contributed by atoms with Gasteiger partial charge in [-0.05, 0) is 19.8 Å². The molecule has 0 saturated carbocycles. The van der Waals surface area contributed by atoms with Gasteiger partial charge in [0.25, 0.3) is 5.91 Å². The summed E-state index contributed by atoms with van der Waals surface area (Å²) >= 11 is 0. The van der Waals surface area contributed by atoms with Crippen LogP contribution in [0, 0.1) is 6.92 Å². The van der Waals surface area contributed by atoms with Crippen LogP contribution in [-0.2, 0) is 0 Å². The molecule has 0 aromatic carbocycles. The van der Waals surface area contributed by atoms with E-state index >= 15 is 0 Å². The van der Waals surface area contributed by atoms with Crippen molar-refractivity contribution in [1.82, 2.24) is 14.9 Å². The SMILES string of the molecule is Cc1cnc(C(=O)N2CCC[C@H]2[C@H](O)C(F)(F)F)cn1. The average Bonchev–Trinajstić information content (AvgIpc) is 2.85. The Kier molecular flexibility index (Phi) is 3.94. The molecule has 8 heteroatoms. The molecule has 110 valence electrons. The van der Waals surface area contributed by atoms with Gasteiger partial charge in [-0.3, -0.25) is 9.78 Å². The maximum Gasteiger partial charge on any atom is 0.416 e. The van der Waals surface area contributed by atoms with E-state index in [9.17, 15) is 23.1 Å². The minimum Gasteiger partial charge on any atom is -0.382 e. The van der Waals surface area contributed by atoms with Crippen molar-refractivity contribution in [2.24, 2.45) is 0 Å². The van der Waals surface area contributed by atoms with Crippen molar-refractivity contribution in [3.8, 4) is 0 Å². The number of aliphatic hydroxyl groups is 1. The van der Waals surface area contributed by atoms with Gasteiger partial charge in [0, 0.05) is 12.7 Å². The zero-order valence-electron chi connectivity index (χ0n) is 10.8. The molecule has 1 aliphatic heterocycles. The third-order valence-corrected chi connectivity index (χ3v) is 3.26. The number of rotatable bonds is 2. The van der Waals surface area contributed by atoms with E-state index in [0.29, 0.717) is 12.1 Å². The summed E-state index contributed by atoms with van der Waals surface area (Å²) < 4.78 is 37.7. The second kappa shape index (κ2) is 5.35. The number of halogens is 3. The molecule has 1 saturated heterocycles. The summed E-state index contributed by atoms with van der Waals surface area (Å²) in [7, 11) is 0. The molecule has 0 aliphatic carbocycles. The second-order valence-corrected chi connectivity index (χ2v) is 4.74. The van der Waals surface area contributed by atoms with E-state index in [-0.39, 0.29) is 18.7 Å². The lowest BCUT2D eigenvalue weighted by Gasteiger charge is -2.29. The molecule has 0 bridgehead atoms. The van der Waals surface area contributed by atoms with E-state index in [2.05, 4.69) is 9.97 Å². The fraction of sp³-hybridized carbons (Fsp3) is 0.583. The highest BCUT2D eigenvalue weighted by Crippen LogP contribution is 2.31. The first-order valence-electron chi connectivity index (χ1n) is 6.15. The van der Waals surface area contributed by atoms with Gasteiger partial charge < -0.3 is 10.0 Å². The molecule has 20 heavy (non-hydrogen) atoms. The number of aliphatic hydroxyl groups excluding tert-OH is 1. The zero-order chi connectivity index (χ0) is 14.9. The number of carbonyl (C=O) groups is 1. The second-order valence-electron chi connectivity index (χ2n) is 4.74. The third-order valence-electron chi connectivity index (χ3n) is 3.26. The van der Waals surface area contributed by atoms with Crippen LogP contribution >= 0.6 is 0 Å². The summed E-state index contributed by atoms with van der Waals surface area (Å²) in [5.74, 6) is -0.636. The van der Waals surface area contributed by atoms with Gasteiger partial charge >= 0.3 is 6.18 Å². The van der Waals surface area contributed by atoms with Crippen molar-refractivity contribution in [2.45, 2.75) is 38.1 Å². The minimum absolute atomic E-state index is 0.0168. The van der Waals surface area contributed by atoms with Crippen LogP contribution in [0.1, 0.15) is 29.0 Å². The fourth-order valence-electron chi connectivity index (χ4n) is 2.24. The monoisotopic (exact) mass is 289 g/mol. The van der Waals surface area contributed by atoms with Gasteiger partial charge in [-0.1, -0.05) is 0 Å². The van der Waals surface area contributed by atoms with Crippen LogP contribution in [0.2, 0.25) is 0 Å². The molecule has 0 unspecified atom stereocenters. The first kappa shape index (κ1) is 14.7. The van der Waals surface area contributed by atoms with Crippen molar-refractivity contribution in [2.75, 3.05) is 6.54 Å². The van der Waals surface area contributed by atoms with Crippen molar-refractivity contribution < 1.29 is 23.1 Å². The number of likely N-dealkylation sites (tertiary alicyclic amines) is 1. The predicted octanol–water partition coefficient (Wildman–Crippen LogP) is 1.31. The van der Waals surface area contributed by atoms with Gasteiger partial charge in [0.15, 0.2) is 6.10 Å². The third kappa shape index (κ3) is 2.90. The van der Waals surface area contributed by atoms with E-state index < -0.39 is 24.2 Å². The Hall–Kier alpha value is -1.70. The molecule has 2 rings (SSSR count). The number of aromatic nitrogens is 2. The van der Waals surface area contributed by atoms with Crippen molar-refractivity contribution >= 4 is 5.91 Å². The summed E-state index contributed by atoms with van der Waals surface area (Å²) in [6.07, 6.45) is -4.14. The molecule has 1 fully saturated rings. The van der Waals surface area contributed by atoms with Gasteiger partial charge in [0.2, 0.25) is 0 Å². The van der Waals surface area contributed by atoms with Crippen molar-refractivity contribution in [3.63, 3.8) is 0 Å². The maximum absolute atomic E-state index is 12.6. The molecule has 2 atom stereocenters. The summed E-state index contributed by atoms with van der Waals surface area (Å²) in [5, 5.41) is 9.34. The van der Waals surface area contributed by atoms with Crippen LogP contribution in [0.15, 0.2) is 12.4 Å². The standard InChI is InChI=1S/C12H14F3N3O2/c1-7-5-17-8(6-16-7)11(20)18-4-2-3-9(18)10(19)12(13,14)15/h5-6,9-10,19H,2-4H2,1H3/t9-,10-/m0/s1. The molecule has 5 nitrogen and oxygen atoms in total. The number of nitrogens with zero attached hydrogens (tertiary/aromatic N) is 3. The Balaban J connectivity index is 2.18. The van der Waals surface area contributed by atoms with E-state index in [0.717, 1.165) is 4.90 Å². The quantitative estimate of drug-likeness (QED) is 0.891. The van der Waals surface area contributed by atoms with E-state index in [1.54, 1.807) is 6.92 Å². The highest BCUT2D eigenvalue weighted by atomic mass is 19.4. The Morgan fingerprint density at radius 1 is 1.45 bits per heavy atom. The molecule has 1 amide bonds. The van der Waals surface area contributed by atoms with E-state index in [1.165, 1.54) is 12.4 Å². The van der Waals surface area contributed by atoms with Crippen molar-refractivity contribution in [3.05, 3.63) is 23.8 Å². The van der Waals surface area contributed by atoms with Crippen LogP contribution in [0.4, 0.5) is 13.2 Å². The van der Waals surface area contributed by atoms with E-state index in [4.69, 9.17) is 0 Å². The summed E-state index contributed by atoms with van der Waals surface area (Å²) in [5.41, 5.74) is 0.590. The average molecular weight is 289 g/mol. The highest BCUT2D eigenvalue weighted by Gasteiger charge is 2.48. The number of hydrogen-bond donors (Lipinski definition) is 1. The molecule has 1 aliphatic rings. The highest BCUT2D eigenvalue weighted by molar-refractivity contribution is 5.92. The van der Waals surface area contributed by atoms with Gasteiger partial charge in [0.05, 0.1) is 17.9 Å². The van der Waals surface area contributed by atoms with E-state index in [1.807, 2.05) is 0 Å². The molecular weight excluding hydrogens is 275 g/mol. The van der Waals surface area contributed by atoms with Crippen LogP contribution in [0.3, 0.4) is 0 Å². The smallest absolute Gasteiger partial charge is 0.382 e. The fourth-order valence-corrected chi connectivity index (χ4v) is 2.24. The summed E-state index contributed by atoms with van der Waals surface area (Å²) in [4.78, 5) is 20.9. The molecule has 1 aromatic rings. The largest absolute Gasteiger partial charge is 0.416 e.